The Morgan fingerprint density at radius 2 is 1.83 bits per heavy atom. The van der Waals surface area contributed by atoms with Gasteiger partial charge in [-0.15, -0.1) is 0 Å². The van der Waals surface area contributed by atoms with Crippen molar-refractivity contribution in [2.45, 2.75) is 33.1 Å². The van der Waals surface area contributed by atoms with E-state index in [1.54, 1.807) is 14.2 Å². The van der Waals surface area contributed by atoms with E-state index in [4.69, 9.17) is 9.47 Å². The van der Waals surface area contributed by atoms with Crippen molar-refractivity contribution in [3.05, 3.63) is 23.8 Å². The van der Waals surface area contributed by atoms with Crippen LogP contribution in [0.2, 0.25) is 0 Å². The van der Waals surface area contributed by atoms with E-state index in [0.717, 1.165) is 37.0 Å². The lowest BCUT2D eigenvalue weighted by Gasteiger charge is -2.24. The highest BCUT2D eigenvalue weighted by molar-refractivity contribution is 5.79. The van der Waals surface area contributed by atoms with E-state index in [0.29, 0.717) is 5.92 Å². The molecule has 0 aliphatic heterocycles. The topological polar surface area (TPSA) is 46.1 Å². The maximum Gasteiger partial charge on any atom is 0.193 e. The van der Waals surface area contributed by atoms with Gasteiger partial charge in [-0.1, -0.05) is 32.8 Å². The fraction of sp³-hybridized carbons (Fsp3) is 0.632. The number of hydrogen-bond acceptors (Lipinski definition) is 3. The summed E-state index contributed by atoms with van der Waals surface area (Å²) in [6.07, 6.45) is 3.30. The minimum Gasteiger partial charge on any atom is -0.493 e. The van der Waals surface area contributed by atoms with Crippen molar-refractivity contribution in [3.8, 4) is 11.5 Å². The quantitative estimate of drug-likeness (QED) is 0.556. The Labute approximate surface area is 147 Å². The lowest BCUT2D eigenvalue weighted by Crippen LogP contribution is -2.41. The zero-order valence-corrected chi connectivity index (χ0v) is 16.1. The molecular formula is C19H33N3O2. The van der Waals surface area contributed by atoms with Gasteiger partial charge in [-0.2, -0.15) is 0 Å². The van der Waals surface area contributed by atoms with Crippen LogP contribution in [-0.2, 0) is 6.42 Å². The molecule has 1 aromatic carbocycles. The maximum atomic E-state index is 5.37. The first-order chi connectivity index (χ1) is 11.6. The molecule has 136 valence electrons. The number of guanidine groups is 1. The Balaban J connectivity index is 2.58. The Morgan fingerprint density at radius 1 is 1.17 bits per heavy atom. The Kier molecular flexibility index (Phi) is 9.05. The van der Waals surface area contributed by atoms with E-state index < -0.39 is 0 Å². The van der Waals surface area contributed by atoms with Gasteiger partial charge in [-0.3, -0.25) is 4.99 Å². The third kappa shape index (κ3) is 5.95. The molecule has 5 nitrogen and oxygen atoms in total. The second-order valence-corrected chi connectivity index (χ2v) is 5.97. The van der Waals surface area contributed by atoms with E-state index in [1.807, 2.05) is 19.2 Å². The highest BCUT2D eigenvalue weighted by Crippen LogP contribution is 2.27. The van der Waals surface area contributed by atoms with Gasteiger partial charge in [0.1, 0.15) is 0 Å². The molecule has 0 aromatic heterocycles. The average Bonchev–Trinajstić information content (AvgIpc) is 2.63. The van der Waals surface area contributed by atoms with Gasteiger partial charge in [0, 0.05) is 27.2 Å². The van der Waals surface area contributed by atoms with Gasteiger partial charge in [-0.25, -0.2) is 0 Å². The number of likely N-dealkylation sites (N-methyl/N-ethyl adjacent to an activating group) is 1. The van der Waals surface area contributed by atoms with Crippen molar-refractivity contribution in [1.29, 1.82) is 0 Å². The Bertz CT molecular complexity index is 513. The van der Waals surface area contributed by atoms with Crippen LogP contribution in [0.1, 0.15) is 32.3 Å². The van der Waals surface area contributed by atoms with Crippen molar-refractivity contribution < 1.29 is 9.47 Å². The number of hydrogen-bond donors (Lipinski definition) is 1. The summed E-state index contributed by atoms with van der Waals surface area (Å²) in [5, 5.41) is 3.48. The first kappa shape index (κ1) is 20.1. The molecule has 24 heavy (non-hydrogen) atoms. The molecule has 1 N–H and O–H groups in total. The monoisotopic (exact) mass is 335 g/mol. The third-order valence-corrected chi connectivity index (χ3v) is 4.46. The predicted molar refractivity (Wildman–Crippen MR) is 101 cm³/mol. The van der Waals surface area contributed by atoms with Crippen molar-refractivity contribution in [1.82, 2.24) is 10.2 Å². The number of aliphatic imine (C=N–C) groups is 1. The third-order valence-electron chi connectivity index (χ3n) is 4.46. The van der Waals surface area contributed by atoms with Crippen molar-refractivity contribution in [3.63, 3.8) is 0 Å². The van der Waals surface area contributed by atoms with Gasteiger partial charge in [0.15, 0.2) is 17.5 Å². The van der Waals surface area contributed by atoms with Crippen LogP contribution in [0.25, 0.3) is 0 Å². The first-order valence-corrected chi connectivity index (χ1v) is 8.72. The lowest BCUT2D eigenvalue weighted by molar-refractivity contribution is 0.354. The summed E-state index contributed by atoms with van der Waals surface area (Å²) in [7, 11) is 7.23. The normalized spacial score (nSPS) is 11.5. The lowest BCUT2D eigenvalue weighted by atomic mass is 10.0. The number of methoxy groups -OCH3 is 2. The minimum absolute atomic E-state index is 0.695. The van der Waals surface area contributed by atoms with E-state index in [2.05, 4.69) is 42.2 Å². The molecule has 0 aliphatic carbocycles. The summed E-state index contributed by atoms with van der Waals surface area (Å²) in [6.45, 7) is 6.33. The van der Waals surface area contributed by atoms with E-state index in [-0.39, 0.29) is 0 Å². The number of rotatable bonds is 9. The summed E-state index contributed by atoms with van der Waals surface area (Å²) in [4.78, 5) is 6.55. The number of nitrogens with one attached hydrogen (secondary N) is 1. The molecule has 0 atom stereocenters. The van der Waals surface area contributed by atoms with Gasteiger partial charge in [0.25, 0.3) is 0 Å². The summed E-state index contributed by atoms with van der Waals surface area (Å²) >= 11 is 0. The molecule has 0 saturated heterocycles. The molecule has 0 spiro atoms. The van der Waals surface area contributed by atoms with E-state index in [1.165, 1.54) is 18.4 Å². The zero-order valence-electron chi connectivity index (χ0n) is 16.1. The molecule has 0 saturated carbocycles. The molecule has 0 amide bonds. The smallest absolute Gasteiger partial charge is 0.193 e. The van der Waals surface area contributed by atoms with Crippen molar-refractivity contribution in [2.75, 3.05) is 41.4 Å². The zero-order chi connectivity index (χ0) is 17.9. The van der Waals surface area contributed by atoms with Crippen molar-refractivity contribution in [2.24, 2.45) is 10.9 Å². The van der Waals surface area contributed by atoms with Gasteiger partial charge in [-0.05, 0) is 30.0 Å². The van der Waals surface area contributed by atoms with Gasteiger partial charge < -0.3 is 19.7 Å². The van der Waals surface area contributed by atoms with Crippen LogP contribution in [0.3, 0.4) is 0 Å². The molecule has 1 rings (SSSR count). The maximum absolute atomic E-state index is 5.37. The summed E-state index contributed by atoms with van der Waals surface area (Å²) < 4.78 is 10.7. The minimum atomic E-state index is 0.695. The summed E-state index contributed by atoms with van der Waals surface area (Å²) in [5.41, 5.74) is 1.22. The van der Waals surface area contributed by atoms with Gasteiger partial charge in [0.05, 0.1) is 14.2 Å². The second-order valence-electron chi connectivity index (χ2n) is 5.97. The highest BCUT2D eigenvalue weighted by atomic mass is 16.5. The highest BCUT2D eigenvalue weighted by Gasteiger charge is 2.10. The first-order valence-electron chi connectivity index (χ1n) is 8.72. The number of benzene rings is 1. The molecule has 0 unspecified atom stereocenters. The number of ether oxygens (including phenoxy) is 2. The van der Waals surface area contributed by atoms with Crippen LogP contribution in [0.5, 0.6) is 11.5 Å². The predicted octanol–water partition coefficient (Wildman–Crippen LogP) is 3.19. The largest absolute Gasteiger partial charge is 0.493 e. The SMILES string of the molecule is CCC(CC)CNC(=NC)N(C)CCc1ccc(OC)c(OC)c1. The molecule has 0 radical (unpaired) electrons. The van der Waals surface area contributed by atoms with Gasteiger partial charge >= 0.3 is 0 Å². The van der Waals surface area contributed by atoms with Crippen LogP contribution in [0.15, 0.2) is 23.2 Å². The standard InChI is InChI=1S/C19H33N3O2/c1-7-15(8-2)14-21-19(20-3)22(4)12-11-16-9-10-17(23-5)18(13-16)24-6/h9-10,13,15H,7-8,11-12,14H2,1-6H3,(H,20,21). The summed E-state index contributed by atoms with van der Waals surface area (Å²) in [6, 6.07) is 6.07. The van der Waals surface area contributed by atoms with Crippen LogP contribution >= 0.6 is 0 Å². The van der Waals surface area contributed by atoms with Gasteiger partial charge in [0.2, 0.25) is 0 Å². The second kappa shape index (κ2) is 10.8. The van der Waals surface area contributed by atoms with Crippen molar-refractivity contribution >= 4 is 5.96 Å². The van der Waals surface area contributed by atoms with Crippen LogP contribution < -0.4 is 14.8 Å². The Morgan fingerprint density at radius 3 is 2.38 bits per heavy atom. The Hall–Kier alpha value is -1.91. The fourth-order valence-electron chi connectivity index (χ4n) is 2.64. The van der Waals surface area contributed by atoms with E-state index in [9.17, 15) is 0 Å². The molecule has 0 bridgehead atoms. The molecule has 0 aliphatic rings. The summed E-state index contributed by atoms with van der Waals surface area (Å²) in [5.74, 6) is 3.18. The van der Waals surface area contributed by atoms with Crippen LogP contribution in [0, 0.1) is 5.92 Å². The molecule has 1 aromatic rings. The molecule has 0 heterocycles. The fourth-order valence-corrected chi connectivity index (χ4v) is 2.64. The average molecular weight is 335 g/mol. The van der Waals surface area contributed by atoms with Crippen LogP contribution in [0.4, 0.5) is 0 Å². The van der Waals surface area contributed by atoms with Crippen LogP contribution in [-0.4, -0.2) is 52.3 Å². The molecule has 0 fully saturated rings. The number of nitrogens with zero attached hydrogens (tertiary/aromatic N) is 2. The molecular weight excluding hydrogens is 302 g/mol. The molecule has 5 heteroatoms. The van der Waals surface area contributed by atoms with E-state index >= 15 is 0 Å².